The van der Waals surface area contributed by atoms with Gasteiger partial charge in [-0.2, -0.15) is 0 Å². The number of fused-ring (bicyclic) bond motifs is 4. The molecule has 0 spiro atoms. The fourth-order valence-corrected chi connectivity index (χ4v) is 6.25. The number of carbonyl (C=O) groups is 3. The summed E-state index contributed by atoms with van der Waals surface area (Å²) in [6, 6.07) is 12.2. The SMILES string of the molecule is CCOc1ccccc1CC1(CN2C[C@@H]3C[C@H](C2)c2cccc(=O)n2C3)C(=O)N(C)C(=O)N(C)C1=O. The number of para-hydroxylation sites is 1. The van der Waals surface area contributed by atoms with Crippen LogP contribution in [0.1, 0.15) is 30.5 Å². The summed E-state index contributed by atoms with van der Waals surface area (Å²) < 4.78 is 7.67. The zero-order chi connectivity index (χ0) is 25.6. The van der Waals surface area contributed by atoms with Gasteiger partial charge < -0.3 is 14.2 Å². The predicted octanol–water partition coefficient (Wildman–Crippen LogP) is 1.95. The highest BCUT2D eigenvalue weighted by molar-refractivity contribution is 6.19. The fourth-order valence-electron chi connectivity index (χ4n) is 6.25. The molecule has 3 aliphatic rings. The number of pyridine rings is 1. The first-order chi connectivity index (χ1) is 17.2. The number of urea groups is 1. The Hall–Kier alpha value is -3.46. The number of hydrogen-bond donors (Lipinski definition) is 0. The second kappa shape index (κ2) is 9.20. The van der Waals surface area contributed by atoms with E-state index in [1.807, 2.05) is 41.8 Å². The summed E-state index contributed by atoms with van der Waals surface area (Å²) in [6.45, 7) is 4.47. The molecule has 4 amide bonds. The van der Waals surface area contributed by atoms with E-state index in [0.29, 0.717) is 32.0 Å². The Bertz CT molecular complexity index is 1250. The second-order valence-corrected chi connectivity index (χ2v) is 10.2. The topological polar surface area (TPSA) is 92.2 Å². The molecule has 0 radical (unpaired) electrons. The van der Waals surface area contributed by atoms with E-state index in [1.165, 1.54) is 14.1 Å². The van der Waals surface area contributed by atoms with E-state index in [4.69, 9.17) is 4.74 Å². The maximum Gasteiger partial charge on any atom is 0.332 e. The van der Waals surface area contributed by atoms with Crippen molar-refractivity contribution in [3.63, 3.8) is 0 Å². The number of imide groups is 2. The lowest BCUT2D eigenvalue weighted by molar-refractivity contribution is -0.159. The number of benzene rings is 1. The molecular weight excluding hydrogens is 460 g/mol. The Kier molecular flexibility index (Phi) is 6.20. The Morgan fingerprint density at radius 3 is 2.36 bits per heavy atom. The van der Waals surface area contributed by atoms with Gasteiger partial charge in [-0.3, -0.25) is 24.2 Å². The molecule has 5 rings (SSSR count). The molecule has 3 aliphatic heterocycles. The number of aromatic nitrogens is 1. The first-order valence-corrected chi connectivity index (χ1v) is 12.5. The van der Waals surface area contributed by atoms with E-state index < -0.39 is 23.3 Å². The molecule has 1 aromatic carbocycles. The Morgan fingerprint density at radius 1 is 0.917 bits per heavy atom. The average molecular weight is 493 g/mol. The van der Waals surface area contributed by atoms with E-state index in [-0.39, 0.29) is 30.4 Å². The number of carbonyl (C=O) groups excluding carboxylic acids is 3. The lowest BCUT2D eigenvalue weighted by Gasteiger charge is -2.48. The number of hydrogen-bond acceptors (Lipinski definition) is 6. The fraction of sp³-hybridized carbons (Fsp3) is 0.481. The molecule has 0 unspecified atom stereocenters. The van der Waals surface area contributed by atoms with Crippen LogP contribution in [0.4, 0.5) is 4.79 Å². The summed E-state index contributed by atoms with van der Waals surface area (Å²) in [5.74, 6) is 0.0366. The van der Waals surface area contributed by atoms with Gasteiger partial charge in [-0.15, -0.1) is 0 Å². The highest BCUT2D eigenvalue weighted by Crippen LogP contribution is 2.40. The standard InChI is InChI=1S/C27H32N4O5/c1-4-36-22-10-6-5-8-19(22)13-27(24(33)28(2)26(35)29(3)25(27)34)17-30-14-18-12-20(16-30)21-9-7-11-23(32)31(21)15-18/h5-11,18,20H,4,12-17H2,1-3H3/t18-,20+/m0/s1. The molecule has 2 aromatic rings. The first-order valence-electron chi connectivity index (χ1n) is 12.5. The molecule has 2 fully saturated rings. The molecule has 1 aromatic heterocycles. The van der Waals surface area contributed by atoms with Crippen LogP contribution >= 0.6 is 0 Å². The molecule has 9 nitrogen and oxygen atoms in total. The monoisotopic (exact) mass is 492 g/mol. The quantitative estimate of drug-likeness (QED) is 0.573. The molecule has 2 saturated heterocycles. The van der Waals surface area contributed by atoms with Crippen LogP contribution in [-0.2, 0) is 22.6 Å². The normalized spacial score (nSPS) is 23.6. The summed E-state index contributed by atoms with van der Waals surface area (Å²) in [7, 11) is 2.87. The van der Waals surface area contributed by atoms with Crippen LogP contribution in [0.15, 0.2) is 47.3 Å². The lowest BCUT2D eigenvalue weighted by atomic mass is 9.75. The number of likely N-dealkylation sites (tertiary alicyclic amines) is 1. The molecule has 36 heavy (non-hydrogen) atoms. The van der Waals surface area contributed by atoms with Crippen molar-refractivity contribution in [3.8, 4) is 5.75 Å². The first kappa shape index (κ1) is 24.2. The minimum atomic E-state index is -1.47. The van der Waals surface area contributed by atoms with Gasteiger partial charge in [0.05, 0.1) is 6.61 Å². The molecule has 190 valence electrons. The number of ether oxygens (including phenoxy) is 1. The van der Waals surface area contributed by atoms with E-state index >= 15 is 0 Å². The van der Waals surface area contributed by atoms with Gasteiger partial charge in [-0.1, -0.05) is 24.3 Å². The third-order valence-electron chi connectivity index (χ3n) is 7.82. The van der Waals surface area contributed by atoms with Crippen LogP contribution in [0.2, 0.25) is 0 Å². The number of rotatable bonds is 6. The molecule has 0 aliphatic carbocycles. The van der Waals surface area contributed by atoms with E-state index in [0.717, 1.165) is 27.5 Å². The van der Waals surface area contributed by atoms with Crippen molar-refractivity contribution in [1.82, 2.24) is 19.3 Å². The van der Waals surface area contributed by atoms with Crippen LogP contribution in [0.5, 0.6) is 5.75 Å². The van der Waals surface area contributed by atoms with Crippen molar-refractivity contribution in [2.75, 3.05) is 40.3 Å². The lowest BCUT2D eigenvalue weighted by Crippen LogP contribution is -2.67. The smallest absolute Gasteiger partial charge is 0.332 e. The highest BCUT2D eigenvalue weighted by Gasteiger charge is 2.57. The van der Waals surface area contributed by atoms with Crippen LogP contribution in [0.25, 0.3) is 0 Å². The molecule has 4 heterocycles. The highest BCUT2D eigenvalue weighted by atomic mass is 16.5. The van der Waals surface area contributed by atoms with Crippen molar-refractivity contribution in [2.45, 2.75) is 32.2 Å². The van der Waals surface area contributed by atoms with Gasteiger partial charge in [-0.05, 0) is 37.0 Å². The van der Waals surface area contributed by atoms with Gasteiger partial charge in [0.25, 0.3) is 5.56 Å². The Balaban J connectivity index is 1.52. The van der Waals surface area contributed by atoms with Gasteiger partial charge >= 0.3 is 6.03 Å². The van der Waals surface area contributed by atoms with Crippen molar-refractivity contribution < 1.29 is 19.1 Å². The Labute approximate surface area is 210 Å². The van der Waals surface area contributed by atoms with E-state index in [9.17, 15) is 19.2 Å². The summed E-state index contributed by atoms with van der Waals surface area (Å²) in [5, 5.41) is 0. The van der Waals surface area contributed by atoms with Crippen LogP contribution in [0, 0.1) is 11.3 Å². The van der Waals surface area contributed by atoms with Crippen LogP contribution in [0.3, 0.4) is 0 Å². The largest absolute Gasteiger partial charge is 0.494 e. The number of amides is 4. The summed E-state index contributed by atoms with van der Waals surface area (Å²) in [4.78, 5) is 56.9. The Morgan fingerprint density at radius 2 is 1.64 bits per heavy atom. The molecule has 0 N–H and O–H groups in total. The number of barbiturate groups is 1. The molecule has 2 bridgehead atoms. The van der Waals surface area contributed by atoms with Gasteiger partial charge in [0.1, 0.15) is 11.2 Å². The summed E-state index contributed by atoms with van der Waals surface area (Å²) in [6.07, 6.45) is 1.10. The maximum absolute atomic E-state index is 13.8. The second-order valence-electron chi connectivity index (χ2n) is 10.2. The maximum atomic E-state index is 13.8. The third-order valence-corrected chi connectivity index (χ3v) is 7.82. The minimum absolute atomic E-state index is 0.0130. The van der Waals surface area contributed by atoms with Crippen molar-refractivity contribution in [1.29, 1.82) is 0 Å². The van der Waals surface area contributed by atoms with Crippen LogP contribution in [-0.4, -0.2) is 77.4 Å². The van der Waals surface area contributed by atoms with Gasteiger partial charge in [0.2, 0.25) is 11.8 Å². The van der Waals surface area contributed by atoms with Gasteiger partial charge in [0.15, 0.2) is 0 Å². The molecule has 9 heteroatoms. The summed E-state index contributed by atoms with van der Waals surface area (Å²) in [5.41, 5.74) is 0.308. The molecule has 0 saturated carbocycles. The van der Waals surface area contributed by atoms with Crippen molar-refractivity contribution in [2.24, 2.45) is 11.3 Å². The molecule has 2 atom stereocenters. The number of piperidine rings is 1. The average Bonchev–Trinajstić information content (AvgIpc) is 2.87. The minimum Gasteiger partial charge on any atom is -0.494 e. The van der Waals surface area contributed by atoms with E-state index in [2.05, 4.69) is 4.90 Å². The van der Waals surface area contributed by atoms with Crippen LogP contribution < -0.4 is 10.3 Å². The van der Waals surface area contributed by atoms with Crippen molar-refractivity contribution in [3.05, 3.63) is 64.1 Å². The predicted molar refractivity (Wildman–Crippen MR) is 133 cm³/mol. The zero-order valence-electron chi connectivity index (χ0n) is 21.0. The molecular formula is C27H32N4O5. The zero-order valence-corrected chi connectivity index (χ0v) is 21.0. The van der Waals surface area contributed by atoms with Gasteiger partial charge in [-0.25, -0.2) is 4.79 Å². The van der Waals surface area contributed by atoms with Gasteiger partial charge in [0, 0.05) is 64.4 Å². The third kappa shape index (κ3) is 3.91. The summed E-state index contributed by atoms with van der Waals surface area (Å²) >= 11 is 0. The van der Waals surface area contributed by atoms with Crippen molar-refractivity contribution >= 4 is 17.8 Å². The van der Waals surface area contributed by atoms with E-state index in [1.54, 1.807) is 12.1 Å². The number of nitrogens with zero attached hydrogens (tertiary/aromatic N) is 4.